The van der Waals surface area contributed by atoms with Gasteiger partial charge in [0.25, 0.3) is 0 Å². The predicted molar refractivity (Wildman–Crippen MR) is 60.7 cm³/mol. The van der Waals surface area contributed by atoms with E-state index in [0.29, 0.717) is 12.1 Å². The number of ketones is 1. The Morgan fingerprint density at radius 2 is 1.65 bits per heavy atom. The highest BCUT2D eigenvalue weighted by molar-refractivity contribution is 6.18. The van der Waals surface area contributed by atoms with E-state index >= 15 is 0 Å². The maximum Gasteiger partial charge on any atom is 0.417 e. The summed E-state index contributed by atoms with van der Waals surface area (Å²) >= 11 is 5.32. The van der Waals surface area contributed by atoms with E-state index in [1.807, 2.05) is 0 Å². The maximum atomic E-state index is 12.8. The van der Waals surface area contributed by atoms with Gasteiger partial charge in [0.2, 0.25) is 0 Å². The van der Waals surface area contributed by atoms with Crippen molar-refractivity contribution in [1.82, 2.24) is 0 Å². The van der Waals surface area contributed by atoms with E-state index < -0.39 is 34.8 Å². The summed E-state index contributed by atoms with van der Waals surface area (Å²) < 4.78 is 75.5. The number of hydrogen-bond acceptors (Lipinski definition) is 1. The number of alkyl halides is 7. The van der Waals surface area contributed by atoms with E-state index in [4.69, 9.17) is 11.6 Å². The van der Waals surface area contributed by atoms with Crippen LogP contribution in [-0.2, 0) is 12.4 Å². The van der Waals surface area contributed by atoms with Crippen molar-refractivity contribution in [3.63, 3.8) is 0 Å². The van der Waals surface area contributed by atoms with Crippen molar-refractivity contribution in [3.8, 4) is 0 Å². The standard InChI is InChI=1S/C12H9ClF6O/c13-5-1-2-10(20)8-4-3-7(11(14,15)16)6-9(8)12(17,18)19/h3-4,6H,1-2,5H2. The summed E-state index contributed by atoms with van der Waals surface area (Å²) in [6.07, 6.45) is -10.0. The first-order valence-electron chi connectivity index (χ1n) is 5.45. The molecular formula is C12H9ClF6O. The van der Waals surface area contributed by atoms with Crippen molar-refractivity contribution in [1.29, 1.82) is 0 Å². The number of hydrogen-bond donors (Lipinski definition) is 0. The van der Waals surface area contributed by atoms with Crippen LogP contribution in [0.1, 0.15) is 34.3 Å². The number of carbonyl (C=O) groups excluding carboxylic acids is 1. The van der Waals surface area contributed by atoms with E-state index in [9.17, 15) is 31.1 Å². The molecule has 0 heterocycles. The van der Waals surface area contributed by atoms with Crippen LogP contribution in [0.4, 0.5) is 26.3 Å². The minimum absolute atomic E-state index is 0.0477. The highest BCUT2D eigenvalue weighted by Crippen LogP contribution is 2.37. The zero-order valence-corrected chi connectivity index (χ0v) is 10.7. The Kier molecular flexibility index (Phi) is 5.07. The molecule has 0 aliphatic rings. The largest absolute Gasteiger partial charge is 0.417 e. The molecule has 112 valence electrons. The molecule has 0 aliphatic heterocycles. The maximum absolute atomic E-state index is 12.8. The molecule has 1 nitrogen and oxygen atoms in total. The molecule has 0 saturated heterocycles. The molecule has 0 amide bonds. The zero-order chi connectivity index (χ0) is 15.6. The van der Waals surface area contributed by atoms with Crippen LogP contribution in [0.3, 0.4) is 0 Å². The molecule has 1 aromatic carbocycles. The van der Waals surface area contributed by atoms with Gasteiger partial charge >= 0.3 is 12.4 Å². The molecule has 0 spiro atoms. The van der Waals surface area contributed by atoms with E-state index in [1.54, 1.807) is 0 Å². The van der Waals surface area contributed by atoms with Crippen LogP contribution in [0.15, 0.2) is 18.2 Å². The fourth-order valence-electron chi connectivity index (χ4n) is 1.56. The number of Topliss-reactive ketones (excluding diaryl/α,β-unsaturated/α-hetero) is 1. The molecule has 1 rings (SSSR count). The van der Waals surface area contributed by atoms with Gasteiger partial charge in [-0.15, -0.1) is 11.6 Å². The van der Waals surface area contributed by atoms with Crippen LogP contribution in [0, 0.1) is 0 Å². The van der Waals surface area contributed by atoms with Crippen LogP contribution < -0.4 is 0 Å². The smallest absolute Gasteiger partial charge is 0.294 e. The first-order chi connectivity index (χ1) is 9.07. The van der Waals surface area contributed by atoms with Crippen molar-refractivity contribution in [2.24, 2.45) is 0 Å². The highest BCUT2D eigenvalue weighted by Gasteiger charge is 2.39. The van der Waals surface area contributed by atoms with Crippen molar-refractivity contribution in [2.75, 3.05) is 5.88 Å². The Labute approximate surface area is 115 Å². The van der Waals surface area contributed by atoms with Gasteiger partial charge in [-0.05, 0) is 18.6 Å². The van der Waals surface area contributed by atoms with Gasteiger partial charge in [-0.3, -0.25) is 4.79 Å². The molecule has 0 aliphatic carbocycles. The van der Waals surface area contributed by atoms with Crippen molar-refractivity contribution < 1.29 is 31.1 Å². The summed E-state index contributed by atoms with van der Waals surface area (Å²) in [4.78, 5) is 11.6. The second-order valence-corrected chi connectivity index (χ2v) is 4.35. The van der Waals surface area contributed by atoms with Gasteiger partial charge in [-0.2, -0.15) is 26.3 Å². The van der Waals surface area contributed by atoms with Crippen LogP contribution in [0.25, 0.3) is 0 Å². The van der Waals surface area contributed by atoms with Gasteiger partial charge in [0, 0.05) is 17.9 Å². The third-order valence-corrected chi connectivity index (χ3v) is 2.76. The van der Waals surface area contributed by atoms with Crippen LogP contribution in [0.2, 0.25) is 0 Å². The summed E-state index contributed by atoms with van der Waals surface area (Å²) in [6.45, 7) is 0. The Morgan fingerprint density at radius 3 is 2.10 bits per heavy atom. The Balaban J connectivity index is 3.28. The number of carbonyl (C=O) groups is 1. The predicted octanol–water partition coefficient (Wildman–Crippen LogP) is 4.93. The lowest BCUT2D eigenvalue weighted by Gasteiger charge is -2.15. The molecule has 0 radical (unpaired) electrons. The average molecular weight is 319 g/mol. The third-order valence-electron chi connectivity index (χ3n) is 2.49. The van der Waals surface area contributed by atoms with Crippen molar-refractivity contribution in [2.45, 2.75) is 25.2 Å². The van der Waals surface area contributed by atoms with Gasteiger partial charge in [-0.25, -0.2) is 0 Å². The lowest BCUT2D eigenvalue weighted by atomic mass is 9.97. The van der Waals surface area contributed by atoms with Crippen molar-refractivity contribution in [3.05, 3.63) is 34.9 Å². The van der Waals surface area contributed by atoms with Crippen LogP contribution in [0.5, 0.6) is 0 Å². The Hall–Kier alpha value is -1.24. The van der Waals surface area contributed by atoms with E-state index in [1.165, 1.54) is 0 Å². The molecule has 8 heteroatoms. The highest BCUT2D eigenvalue weighted by atomic mass is 35.5. The minimum atomic E-state index is -5.03. The van der Waals surface area contributed by atoms with Crippen LogP contribution in [-0.4, -0.2) is 11.7 Å². The number of benzene rings is 1. The fourth-order valence-corrected chi connectivity index (χ4v) is 1.69. The molecule has 0 N–H and O–H groups in total. The Morgan fingerprint density at radius 1 is 1.05 bits per heavy atom. The molecule has 1 aromatic rings. The monoisotopic (exact) mass is 318 g/mol. The third kappa shape index (κ3) is 4.13. The second kappa shape index (κ2) is 6.03. The van der Waals surface area contributed by atoms with E-state index in [-0.39, 0.29) is 24.8 Å². The van der Waals surface area contributed by atoms with Gasteiger partial charge in [0.05, 0.1) is 11.1 Å². The first-order valence-corrected chi connectivity index (χ1v) is 5.98. The molecule has 0 atom stereocenters. The molecule has 0 saturated carbocycles. The molecule has 0 aromatic heterocycles. The van der Waals surface area contributed by atoms with Gasteiger partial charge in [-0.1, -0.05) is 6.07 Å². The summed E-state index contributed by atoms with van der Waals surface area (Å²) in [6, 6.07) is 0.972. The molecule has 0 fully saturated rings. The first kappa shape index (κ1) is 16.8. The Bertz CT molecular complexity index is 492. The summed E-state index contributed by atoms with van der Waals surface area (Å²) in [5.41, 5.74) is -3.79. The molecule has 0 bridgehead atoms. The number of rotatable bonds is 4. The second-order valence-electron chi connectivity index (χ2n) is 3.97. The summed E-state index contributed by atoms with van der Waals surface area (Å²) in [7, 11) is 0. The topological polar surface area (TPSA) is 17.1 Å². The van der Waals surface area contributed by atoms with Gasteiger partial charge in [0.1, 0.15) is 0 Å². The van der Waals surface area contributed by atoms with Gasteiger partial charge in [0.15, 0.2) is 5.78 Å². The van der Waals surface area contributed by atoms with Crippen LogP contribution >= 0.6 is 11.6 Å². The molecular weight excluding hydrogens is 310 g/mol. The van der Waals surface area contributed by atoms with E-state index in [2.05, 4.69) is 0 Å². The minimum Gasteiger partial charge on any atom is -0.294 e. The summed E-state index contributed by atoms with van der Waals surface area (Å²) in [5, 5.41) is 0. The SMILES string of the molecule is O=C(CCCCl)c1ccc(C(F)(F)F)cc1C(F)(F)F. The molecule has 20 heavy (non-hydrogen) atoms. The fraction of sp³-hybridized carbons (Fsp3) is 0.417. The lowest BCUT2D eigenvalue weighted by molar-refractivity contribution is -0.143. The summed E-state index contributed by atoms with van der Waals surface area (Å²) in [5.74, 6) is -0.806. The van der Waals surface area contributed by atoms with Gasteiger partial charge < -0.3 is 0 Å². The average Bonchev–Trinajstić information content (AvgIpc) is 2.33. The normalized spacial score (nSPS) is 12.6. The zero-order valence-electron chi connectivity index (χ0n) is 9.91. The lowest BCUT2D eigenvalue weighted by Crippen LogP contribution is -2.16. The van der Waals surface area contributed by atoms with Crippen molar-refractivity contribution >= 4 is 17.4 Å². The molecule has 0 unspecified atom stereocenters. The van der Waals surface area contributed by atoms with E-state index in [0.717, 1.165) is 0 Å². The quantitative estimate of drug-likeness (QED) is 0.437. The number of halogens is 7.